The van der Waals surface area contributed by atoms with Gasteiger partial charge in [-0.3, -0.25) is 9.59 Å². The van der Waals surface area contributed by atoms with Crippen LogP contribution in [0.25, 0.3) is 0 Å². The van der Waals surface area contributed by atoms with Crippen LogP contribution in [0.1, 0.15) is 52.2 Å². The first-order chi connectivity index (χ1) is 12.0. The minimum absolute atomic E-state index is 0.0296. The van der Waals surface area contributed by atoms with Crippen LogP contribution in [0.3, 0.4) is 0 Å². The van der Waals surface area contributed by atoms with Crippen LogP contribution in [0.4, 0.5) is 5.69 Å². The largest absolute Gasteiger partial charge is 0.459 e. The zero-order chi connectivity index (χ0) is 17.8. The molecule has 0 spiro atoms. The molecule has 25 heavy (non-hydrogen) atoms. The maximum absolute atomic E-state index is 12.3. The molecule has 0 radical (unpaired) electrons. The molecule has 1 fully saturated rings. The smallest absolute Gasteiger partial charge is 0.338 e. The summed E-state index contributed by atoms with van der Waals surface area (Å²) >= 11 is 0. The number of ketones is 1. The normalized spacial score (nSPS) is 17.2. The zero-order valence-corrected chi connectivity index (χ0v) is 13.9. The van der Waals surface area contributed by atoms with Gasteiger partial charge in [-0.05, 0) is 56.0 Å². The Morgan fingerprint density at radius 2 is 2.08 bits per heavy atom. The SMILES string of the molecule is Cc1ccc(C(=O)OC2CCCCC2=O)cc1NC(=O)c1ccco1. The molecule has 6 heteroatoms. The van der Waals surface area contributed by atoms with Crippen LogP contribution in [-0.4, -0.2) is 23.8 Å². The van der Waals surface area contributed by atoms with Crippen molar-refractivity contribution in [3.05, 3.63) is 53.5 Å². The summed E-state index contributed by atoms with van der Waals surface area (Å²) in [7, 11) is 0. The zero-order valence-electron chi connectivity index (χ0n) is 13.9. The Labute approximate surface area is 145 Å². The number of esters is 1. The molecule has 1 saturated carbocycles. The highest BCUT2D eigenvalue weighted by atomic mass is 16.5. The number of benzene rings is 1. The second-order valence-corrected chi connectivity index (χ2v) is 6.07. The van der Waals surface area contributed by atoms with E-state index >= 15 is 0 Å². The summed E-state index contributed by atoms with van der Waals surface area (Å²) in [5.74, 6) is -0.812. The van der Waals surface area contributed by atoms with Gasteiger partial charge in [0, 0.05) is 12.1 Å². The lowest BCUT2D eigenvalue weighted by Crippen LogP contribution is -2.30. The Kier molecular flexibility index (Phi) is 4.97. The van der Waals surface area contributed by atoms with Gasteiger partial charge < -0.3 is 14.5 Å². The molecule has 1 atom stereocenters. The quantitative estimate of drug-likeness (QED) is 0.860. The Hall–Kier alpha value is -2.89. The lowest BCUT2D eigenvalue weighted by atomic mass is 9.96. The van der Waals surface area contributed by atoms with Crippen molar-refractivity contribution >= 4 is 23.3 Å². The molecule has 2 aromatic rings. The monoisotopic (exact) mass is 341 g/mol. The van der Waals surface area contributed by atoms with Crippen molar-refractivity contribution in [3.8, 4) is 0 Å². The van der Waals surface area contributed by atoms with E-state index in [0.29, 0.717) is 24.1 Å². The van der Waals surface area contributed by atoms with E-state index in [1.807, 2.05) is 6.92 Å². The summed E-state index contributed by atoms with van der Waals surface area (Å²) in [4.78, 5) is 36.2. The van der Waals surface area contributed by atoms with Gasteiger partial charge >= 0.3 is 5.97 Å². The fourth-order valence-electron chi connectivity index (χ4n) is 2.75. The van der Waals surface area contributed by atoms with E-state index in [-0.39, 0.29) is 11.5 Å². The first kappa shape index (κ1) is 17.0. The molecule has 1 aromatic heterocycles. The molecule has 0 aliphatic heterocycles. The number of carbonyl (C=O) groups excluding carboxylic acids is 3. The molecular formula is C19H19NO5. The number of Topliss-reactive ketones (excluding diaryl/α,β-unsaturated/α-hetero) is 1. The molecule has 1 heterocycles. The number of nitrogens with one attached hydrogen (secondary N) is 1. The molecule has 1 unspecified atom stereocenters. The number of anilines is 1. The number of carbonyl (C=O) groups is 3. The number of furan rings is 1. The average Bonchev–Trinajstić information content (AvgIpc) is 3.13. The van der Waals surface area contributed by atoms with Crippen molar-refractivity contribution < 1.29 is 23.5 Å². The summed E-state index contributed by atoms with van der Waals surface area (Å²) in [6, 6.07) is 8.06. The number of amides is 1. The topological polar surface area (TPSA) is 85.6 Å². The molecule has 1 amide bonds. The summed E-state index contributed by atoms with van der Waals surface area (Å²) in [5.41, 5.74) is 1.58. The van der Waals surface area contributed by atoms with Gasteiger partial charge in [0.2, 0.25) is 0 Å². The Morgan fingerprint density at radius 1 is 1.24 bits per heavy atom. The number of aryl methyl sites for hydroxylation is 1. The van der Waals surface area contributed by atoms with Gasteiger partial charge in [0.15, 0.2) is 17.6 Å². The minimum Gasteiger partial charge on any atom is -0.459 e. The minimum atomic E-state index is -0.663. The summed E-state index contributed by atoms with van der Waals surface area (Å²) in [5, 5.41) is 2.71. The molecule has 6 nitrogen and oxygen atoms in total. The highest BCUT2D eigenvalue weighted by molar-refractivity contribution is 6.03. The van der Waals surface area contributed by atoms with Gasteiger partial charge in [-0.2, -0.15) is 0 Å². The van der Waals surface area contributed by atoms with E-state index in [2.05, 4.69) is 5.32 Å². The van der Waals surface area contributed by atoms with Gasteiger partial charge in [-0.25, -0.2) is 4.79 Å². The number of hydrogen-bond donors (Lipinski definition) is 1. The predicted octanol–water partition coefficient (Wildman–Crippen LogP) is 3.51. The third kappa shape index (κ3) is 3.96. The molecule has 3 rings (SSSR count). The van der Waals surface area contributed by atoms with Crippen LogP contribution in [0.2, 0.25) is 0 Å². The van der Waals surface area contributed by atoms with Crippen LogP contribution in [-0.2, 0) is 9.53 Å². The Bertz CT molecular complexity index is 794. The molecule has 1 aromatic carbocycles. The van der Waals surface area contributed by atoms with Crippen molar-refractivity contribution in [3.63, 3.8) is 0 Å². The second kappa shape index (κ2) is 7.34. The van der Waals surface area contributed by atoms with Crippen molar-refractivity contribution in [1.82, 2.24) is 0 Å². The fourth-order valence-corrected chi connectivity index (χ4v) is 2.75. The van der Waals surface area contributed by atoms with Crippen molar-refractivity contribution in [2.75, 3.05) is 5.32 Å². The highest BCUT2D eigenvalue weighted by Gasteiger charge is 2.26. The standard InChI is InChI=1S/C19H19NO5/c1-12-8-9-13(19(23)25-16-6-3-2-5-15(16)21)11-14(12)20-18(22)17-7-4-10-24-17/h4,7-11,16H,2-3,5-6H2,1H3,(H,20,22). The lowest BCUT2D eigenvalue weighted by Gasteiger charge is -2.20. The number of hydrogen-bond acceptors (Lipinski definition) is 5. The first-order valence-corrected chi connectivity index (χ1v) is 8.24. The highest BCUT2D eigenvalue weighted by Crippen LogP contribution is 2.22. The fraction of sp³-hybridized carbons (Fsp3) is 0.316. The Morgan fingerprint density at radius 3 is 2.80 bits per heavy atom. The van der Waals surface area contributed by atoms with Crippen LogP contribution >= 0.6 is 0 Å². The molecule has 1 aliphatic carbocycles. The summed E-state index contributed by atoms with van der Waals surface area (Å²) in [6.45, 7) is 1.82. The number of rotatable bonds is 4. The molecule has 1 N–H and O–H groups in total. The van der Waals surface area contributed by atoms with Crippen LogP contribution in [0.15, 0.2) is 41.0 Å². The van der Waals surface area contributed by atoms with Crippen molar-refractivity contribution in [2.24, 2.45) is 0 Å². The molecule has 1 aliphatic rings. The van der Waals surface area contributed by atoms with E-state index < -0.39 is 18.0 Å². The van der Waals surface area contributed by atoms with Crippen molar-refractivity contribution in [2.45, 2.75) is 38.7 Å². The van der Waals surface area contributed by atoms with Gasteiger partial charge in [-0.15, -0.1) is 0 Å². The molecule has 130 valence electrons. The van der Waals surface area contributed by atoms with Gasteiger partial charge in [-0.1, -0.05) is 6.07 Å². The average molecular weight is 341 g/mol. The van der Waals surface area contributed by atoms with E-state index in [0.717, 1.165) is 18.4 Å². The van der Waals surface area contributed by atoms with Crippen LogP contribution < -0.4 is 5.32 Å². The molecule has 0 saturated heterocycles. The van der Waals surface area contributed by atoms with E-state index in [9.17, 15) is 14.4 Å². The van der Waals surface area contributed by atoms with Crippen LogP contribution in [0.5, 0.6) is 0 Å². The third-order valence-corrected chi connectivity index (χ3v) is 4.21. The van der Waals surface area contributed by atoms with Crippen LogP contribution in [0, 0.1) is 6.92 Å². The van der Waals surface area contributed by atoms with E-state index in [1.165, 1.54) is 6.26 Å². The molecular weight excluding hydrogens is 322 g/mol. The Balaban J connectivity index is 1.73. The second-order valence-electron chi connectivity index (χ2n) is 6.07. The molecule has 0 bridgehead atoms. The summed E-state index contributed by atoms with van der Waals surface area (Å²) < 4.78 is 10.4. The lowest BCUT2D eigenvalue weighted by molar-refractivity contribution is -0.129. The van der Waals surface area contributed by atoms with Crippen molar-refractivity contribution in [1.29, 1.82) is 0 Å². The van der Waals surface area contributed by atoms with Gasteiger partial charge in [0.25, 0.3) is 5.91 Å². The summed E-state index contributed by atoms with van der Waals surface area (Å²) in [6.07, 6.45) is 3.50. The first-order valence-electron chi connectivity index (χ1n) is 8.24. The maximum atomic E-state index is 12.3. The third-order valence-electron chi connectivity index (χ3n) is 4.21. The van der Waals surface area contributed by atoms with E-state index in [4.69, 9.17) is 9.15 Å². The van der Waals surface area contributed by atoms with Gasteiger partial charge in [0.05, 0.1) is 11.8 Å². The number of ether oxygens (including phenoxy) is 1. The van der Waals surface area contributed by atoms with E-state index in [1.54, 1.807) is 30.3 Å². The van der Waals surface area contributed by atoms with Gasteiger partial charge in [0.1, 0.15) is 0 Å². The predicted molar refractivity (Wildman–Crippen MR) is 90.5 cm³/mol. The maximum Gasteiger partial charge on any atom is 0.338 e.